The number of benzene rings is 1. The molecule has 2 amide bonds. The molecule has 0 fully saturated rings. The second-order valence-corrected chi connectivity index (χ2v) is 5.65. The van der Waals surface area contributed by atoms with E-state index in [4.69, 9.17) is 5.73 Å². The highest BCUT2D eigenvalue weighted by atomic mass is 32.1. The molecule has 0 spiro atoms. The Balaban J connectivity index is 2.38. The second kappa shape index (κ2) is 5.50. The molecule has 0 saturated heterocycles. The predicted octanol–water partition coefficient (Wildman–Crippen LogP) is 1.61. The number of rotatable bonds is 3. The molecule has 20 heavy (non-hydrogen) atoms. The van der Waals surface area contributed by atoms with Crippen molar-refractivity contribution in [3.05, 3.63) is 28.6 Å². The normalized spacial score (nSPS) is 10.6. The minimum Gasteiger partial charge on any atom is -0.397 e. The van der Waals surface area contributed by atoms with E-state index in [0.29, 0.717) is 10.6 Å². The van der Waals surface area contributed by atoms with E-state index in [-0.39, 0.29) is 18.4 Å². The van der Waals surface area contributed by atoms with Crippen LogP contribution in [0.15, 0.2) is 18.2 Å². The van der Waals surface area contributed by atoms with Crippen molar-refractivity contribution in [3.63, 3.8) is 0 Å². The SMILES string of the molecule is CNC(=O)CN(C)C(=O)c1sc2c(C)cccc2c1N. The Bertz CT molecular complexity index is 678. The zero-order valence-electron chi connectivity index (χ0n) is 11.7. The van der Waals surface area contributed by atoms with Gasteiger partial charge in [-0.25, -0.2) is 0 Å². The lowest BCUT2D eigenvalue weighted by molar-refractivity contribution is -0.121. The van der Waals surface area contributed by atoms with Gasteiger partial charge in [0.1, 0.15) is 4.88 Å². The first-order valence-corrected chi connectivity index (χ1v) is 7.01. The van der Waals surface area contributed by atoms with Crippen LogP contribution in [0.3, 0.4) is 0 Å². The van der Waals surface area contributed by atoms with Gasteiger partial charge >= 0.3 is 0 Å². The number of hydrogen-bond donors (Lipinski definition) is 2. The zero-order valence-corrected chi connectivity index (χ0v) is 12.5. The van der Waals surface area contributed by atoms with Gasteiger partial charge in [0.15, 0.2) is 0 Å². The van der Waals surface area contributed by atoms with Gasteiger partial charge in [-0.2, -0.15) is 0 Å². The molecule has 106 valence electrons. The maximum atomic E-state index is 12.4. The average molecular weight is 291 g/mol. The molecule has 5 nitrogen and oxygen atoms in total. The van der Waals surface area contributed by atoms with Crippen molar-refractivity contribution < 1.29 is 9.59 Å². The van der Waals surface area contributed by atoms with Crippen molar-refractivity contribution >= 4 is 38.9 Å². The number of nitrogens with zero attached hydrogens (tertiary/aromatic N) is 1. The van der Waals surface area contributed by atoms with E-state index in [1.54, 1.807) is 7.05 Å². The number of nitrogens with two attached hydrogens (primary N) is 1. The summed E-state index contributed by atoms with van der Waals surface area (Å²) in [5, 5.41) is 3.39. The van der Waals surface area contributed by atoms with Crippen molar-refractivity contribution in [1.82, 2.24) is 10.2 Å². The number of likely N-dealkylation sites (N-methyl/N-ethyl adjacent to an activating group) is 2. The smallest absolute Gasteiger partial charge is 0.266 e. The van der Waals surface area contributed by atoms with Gasteiger partial charge in [-0.05, 0) is 12.5 Å². The fraction of sp³-hybridized carbons (Fsp3) is 0.286. The first-order chi connectivity index (χ1) is 9.45. The average Bonchev–Trinajstić information content (AvgIpc) is 2.77. The third-order valence-corrected chi connectivity index (χ3v) is 4.50. The fourth-order valence-electron chi connectivity index (χ4n) is 1.98. The summed E-state index contributed by atoms with van der Waals surface area (Å²) >= 11 is 1.37. The number of fused-ring (bicyclic) bond motifs is 1. The molecule has 2 rings (SSSR count). The van der Waals surface area contributed by atoms with Crippen molar-refractivity contribution in [2.45, 2.75) is 6.92 Å². The second-order valence-electron chi connectivity index (χ2n) is 4.63. The molecule has 0 unspecified atom stereocenters. The van der Waals surface area contributed by atoms with E-state index in [1.807, 2.05) is 25.1 Å². The van der Waals surface area contributed by atoms with E-state index < -0.39 is 0 Å². The lowest BCUT2D eigenvalue weighted by Gasteiger charge is -2.15. The van der Waals surface area contributed by atoms with Crippen LogP contribution in [0.2, 0.25) is 0 Å². The van der Waals surface area contributed by atoms with Crippen LogP contribution in [-0.2, 0) is 4.79 Å². The van der Waals surface area contributed by atoms with Gasteiger partial charge < -0.3 is 16.0 Å². The van der Waals surface area contributed by atoms with E-state index >= 15 is 0 Å². The van der Waals surface area contributed by atoms with Crippen LogP contribution < -0.4 is 11.1 Å². The van der Waals surface area contributed by atoms with Crippen molar-refractivity contribution in [3.8, 4) is 0 Å². The summed E-state index contributed by atoms with van der Waals surface area (Å²) in [5.74, 6) is -0.441. The molecular weight excluding hydrogens is 274 g/mol. The highest BCUT2D eigenvalue weighted by Gasteiger charge is 2.21. The molecule has 6 heteroatoms. The minimum atomic E-state index is -0.230. The van der Waals surface area contributed by atoms with Gasteiger partial charge in [0.25, 0.3) is 5.91 Å². The highest BCUT2D eigenvalue weighted by molar-refractivity contribution is 7.21. The molecule has 2 aromatic rings. The molecule has 0 radical (unpaired) electrons. The van der Waals surface area contributed by atoms with E-state index in [0.717, 1.165) is 15.6 Å². The highest BCUT2D eigenvalue weighted by Crippen LogP contribution is 2.36. The molecule has 0 aliphatic heterocycles. The third-order valence-electron chi connectivity index (χ3n) is 3.15. The zero-order chi connectivity index (χ0) is 14.9. The molecule has 0 saturated carbocycles. The van der Waals surface area contributed by atoms with Gasteiger partial charge in [0.2, 0.25) is 5.91 Å². The minimum absolute atomic E-state index is 0.0159. The van der Waals surface area contributed by atoms with Crippen molar-refractivity contribution in [2.75, 3.05) is 26.4 Å². The van der Waals surface area contributed by atoms with E-state index in [2.05, 4.69) is 5.32 Å². The number of aryl methyl sites for hydroxylation is 1. The summed E-state index contributed by atoms with van der Waals surface area (Å²) in [4.78, 5) is 25.6. The Morgan fingerprint density at radius 2 is 2.10 bits per heavy atom. The first-order valence-electron chi connectivity index (χ1n) is 6.19. The summed E-state index contributed by atoms with van der Waals surface area (Å²) in [5.41, 5.74) is 7.65. The van der Waals surface area contributed by atoms with Gasteiger partial charge in [-0.1, -0.05) is 18.2 Å². The van der Waals surface area contributed by atoms with Crippen LogP contribution in [0.1, 0.15) is 15.2 Å². The maximum Gasteiger partial charge on any atom is 0.266 e. The molecular formula is C14H17N3O2S. The molecule has 0 bridgehead atoms. The summed E-state index contributed by atoms with van der Waals surface area (Å²) in [6.45, 7) is 2.00. The number of anilines is 1. The molecule has 3 N–H and O–H groups in total. The largest absolute Gasteiger partial charge is 0.397 e. The van der Waals surface area contributed by atoms with Crippen LogP contribution in [0.5, 0.6) is 0 Å². The summed E-state index contributed by atoms with van der Waals surface area (Å²) < 4.78 is 1.02. The standard InChI is InChI=1S/C14H17N3O2S/c1-8-5-4-6-9-11(15)13(20-12(8)9)14(19)17(3)7-10(18)16-2/h4-6H,7,15H2,1-3H3,(H,16,18). The number of carbonyl (C=O) groups is 2. The molecule has 0 aliphatic carbocycles. The number of nitrogens with one attached hydrogen (secondary N) is 1. The van der Waals surface area contributed by atoms with Crippen LogP contribution in [0, 0.1) is 6.92 Å². The molecule has 1 aromatic heterocycles. The maximum absolute atomic E-state index is 12.4. The number of nitrogen functional groups attached to an aromatic ring is 1. The van der Waals surface area contributed by atoms with Crippen LogP contribution >= 0.6 is 11.3 Å². The van der Waals surface area contributed by atoms with E-state index in [1.165, 1.54) is 23.3 Å². The van der Waals surface area contributed by atoms with Gasteiger partial charge in [-0.15, -0.1) is 11.3 Å². The topological polar surface area (TPSA) is 75.4 Å². The van der Waals surface area contributed by atoms with Gasteiger partial charge in [0, 0.05) is 24.2 Å². The number of carbonyl (C=O) groups excluding carboxylic acids is 2. The lowest BCUT2D eigenvalue weighted by atomic mass is 10.1. The van der Waals surface area contributed by atoms with E-state index in [9.17, 15) is 9.59 Å². The lowest BCUT2D eigenvalue weighted by Crippen LogP contribution is -2.36. The monoisotopic (exact) mass is 291 g/mol. The van der Waals surface area contributed by atoms with Gasteiger partial charge in [-0.3, -0.25) is 9.59 Å². The first kappa shape index (κ1) is 14.3. The Morgan fingerprint density at radius 3 is 2.70 bits per heavy atom. The van der Waals surface area contributed by atoms with Crippen LogP contribution in [-0.4, -0.2) is 37.4 Å². The van der Waals surface area contributed by atoms with Crippen LogP contribution in [0.4, 0.5) is 5.69 Å². The van der Waals surface area contributed by atoms with Crippen molar-refractivity contribution in [2.24, 2.45) is 0 Å². The Labute approximate surface area is 121 Å². The number of thiophene rings is 1. The summed E-state index contributed by atoms with van der Waals surface area (Å²) in [6, 6.07) is 5.81. The Morgan fingerprint density at radius 1 is 1.40 bits per heavy atom. The van der Waals surface area contributed by atoms with Gasteiger partial charge in [0.05, 0.1) is 12.2 Å². The fourth-order valence-corrected chi connectivity index (χ4v) is 3.16. The summed E-state index contributed by atoms with van der Waals surface area (Å²) in [6.07, 6.45) is 0. The summed E-state index contributed by atoms with van der Waals surface area (Å²) in [7, 11) is 3.13. The number of hydrogen-bond acceptors (Lipinski definition) is 4. The molecule has 0 atom stereocenters. The Kier molecular flexibility index (Phi) is 3.94. The molecule has 1 heterocycles. The molecule has 1 aromatic carbocycles. The molecule has 0 aliphatic rings. The predicted molar refractivity (Wildman–Crippen MR) is 82.0 cm³/mol. The Hall–Kier alpha value is -2.08. The van der Waals surface area contributed by atoms with Crippen molar-refractivity contribution in [1.29, 1.82) is 0 Å². The third kappa shape index (κ3) is 2.46. The van der Waals surface area contributed by atoms with Crippen LogP contribution in [0.25, 0.3) is 10.1 Å². The number of amides is 2. The quantitative estimate of drug-likeness (QED) is 0.902.